The zero-order valence-electron chi connectivity index (χ0n) is 10.1. The molecule has 95 valence electrons. The van der Waals surface area contributed by atoms with E-state index in [0.29, 0.717) is 12.4 Å². The third kappa shape index (κ3) is 4.59. The van der Waals surface area contributed by atoms with E-state index in [1.807, 2.05) is 13.8 Å². The lowest BCUT2D eigenvalue weighted by Crippen LogP contribution is -2.04. The Hall–Kier alpha value is -1.32. The molecule has 0 N–H and O–H groups in total. The van der Waals surface area contributed by atoms with Crippen LogP contribution in [0.1, 0.15) is 31.7 Å². The van der Waals surface area contributed by atoms with Crippen molar-refractivity contribution >= 4 is 0 Å². The first-order valence-electron chi connectivity index (χ1n) is 5.58. The lowest BCUT2D eigenvalue weighted by Gasteiger charge is -2.13. The number of halogens is 2. The second-order valence-electron chi connectivity index (χ2n) is 3.87. The molecule has 0 saturated carbocycles. The van der Waals surface area contributed by atoms with Crippen LogP contribution in [-0.4, -0.2) is 13.2 Å². The second-order valence-corrected chi connectivity index (χ2v) is 3.87. The summed E-state index contributed by atoms with van der Waals surface area (Å²) in [6.45, 7) is 5.42. The molecule has 0 aliphatic rings. The van der Waals surface area contributed by atoms with Crippen molar-refractivity contribution in [2.45, 2.75) is 32.8 Å². The van der Waals surface area contributed by atoms with E-state index in [4.69, 9.17) is 4.74 Å². The molecule has 1 unspecified atom stereocenters. The van der Waals surface area contributed by atoms with Crippen molar-refractivity contribution in [2.75, 3.05) is 6.61 Å². The van der Waals surface area contributed by atoms with Gasteiger partial charge in [-0.25, -0.2) is 0 Å². The van der Waals surface area contributed by atoms with E-state index < -0.39 is 6.61 Å². The van der Waals surface area contributed by atoms with Crippen molar-refractivity contribution in [1.82, 2.24) is 0 Å². The lowest BCUT2D eigenvalue weighted by molar-refractivity contribution is -0.0499. The normalized spacial score (nSPS) is 11.0. The van der Waals surface area contributed by atoms with Crippen molar-refractivity contribution in [3.63, 3.8) is 0 Å². The van der Waals surface area contributed by atoms with E-state index in [0.717, 1.165) is 12.0 Å². The molecule has 0 heterocycles. The van der Waals surface area contributed by atoms with E-state index in [1.165, 1.54) is 6.07 Å². The minimum Gasteiger partial charge on any atom is -0.493 e. The summed E-state index contributed by atoms with van der Waals surface area (Å²) in [6, 6.07) is 4.82. The standard InChI is InChI=1S/C13H17F2O2/c1-4-5-16-11-6-10(9(2)3)7-12(8-11)17-13(14)15/h6-9,13H,2,4-5H2,1,3H3. The molecule has 0 bridgehead atoms. The summed E-state index contributed by atoms with van der Waals surface area (Å²) in [7, 11) is 0. The molecule has 1 aromatic rings. The summed E-state index contributed by atoms with van der Waals surface area (Å²) in [5.74, 6) is 0.634. The van der Waals surface area contributed by atoms with Gasteiger partial charge in [-0.3, -0.25) is 0 Å². The first-order valence-corrected chi connectivity index (χ1v) is 5.58. The number of hydrogen-bond donors (Lipinski definition) is 0. The van der Waals surface area contributed by atoms with Crippen LogP contribution in [0.15, 0.2) is 18.2 Å². The molecular weight excluding hydrogens is 226 g/mol. The minimum atomic E-state index is -2.83. The number of hydrogen-bond acceptors (Lipinski definition) is 2. The van der Waals surface area contributed by atoms with E-state index in [2.05, 4.69) is 11.7 Å². The molecular formula is C13H17F2O2. The topological polar surface area (TPSA) is 18.5 Å². The predicted octanol–water partition coefficient (Wildman–Crippen LogP) is 4.01. The minimum absolute atomic E-state index is 0.0137. The highest BCUT2D eigenvalue weighted by Gasteiger charge is 2.10. The van der Waals surface area contributed by atoms with Gasteiger partial charge in [0, 0.05) is 6.07 Å². The van der Waals surface area contributed by atoms with Crippen molar-refractivity contribution in [3.05, 3.63) is 30.7 Å². The van der Waals surface area contributed by atoms with Crippen molar-refractivity contribution in [2.24, 2.45) is 0 Å². The molecule has 0 spiro atoms. The molecule has 0 aliphatic heterocycles. The highest BCUT2D eigenvalue weighted by molar-refractivity contribution is 5.40. The van der Waals surface area contributed by atoms with Crippen LogP contribution in [0, 0.1) is 6.92 Å². The highest BCUT2D eigenvalue weighted by Crippen LogP contribution is 2.28. The summed E-state index contributed by atoms with van der Waals surface area (Å²) < 4.78 is 34.1. The molecule has 1 atom stereocenters. The Morgan fingerprint density at radius 1 is 1.24 bits per heavy atom. The first-order chi connectivity index (χ1) is 8.02. The van der Waals surface area contributed by atoms with Crippen LogP contribution in [-0.2, 0) is 0 Å². The van der Waals surface area contributed by atoms with Crippen LogP contribution in [0.2, 0.25) is 0 Å². The van der Waals surface area contributed by atoms with E-state index in [-0.39, 0.29) is 11.7 Å². The quantitative estimate of drug-likeness (QED) is 0.751. The van der Waals surface area contributed by atoms with Gasteiger partial charge in [0.25, 0.3) is 0 Å². The van der Waals surface area contributed by atoms with Gasteiger partial charge in [-0.2, -0.15) is 8.78 Å². The Kier molecular flexibility index (Phi) is 5.19. The molecule has 0 fully saturated rings. The van der Waals surface area contributed by atoms with Gasteiger partial charge in [-0.1, -0.05) is 13.8 Å². The van der Waals surface area contributed by atoms with Gasteiger partial charge in [0.1, 0.15) is 11.5 Å². The number of rotatable bonds is 6. The highest BCUT2D eigenvalue weighted by atomic mass is 19.3. The maximum Gasteiger partial charge on any atom is 0.387 e. The fraction of sp³-hybridized carbons (Fsp3) is 0.462. The first kappa shape index (κ1) is 13.7. The summed E-state index contributed by atoms with van der Waals surface area (Å²) in [6.07, 6.45) is 0.856. The van der Waals surface area contributed by atoms with Crippen LogP contribution in [0.4, 0.5) is 8.78 Å². The van der Waals surface area contributed by atoms with E-state index in [1.54, 1.807) is 12.1 Å². The van der Waals surface area contributed by atoms with Gasteiger partial charge in [0.05, 0.1) is 6.61 Å². The van der Waals surface area contributed by atoms with Crippen LogP contribution in [0.25, 0.3) is 0 Å². The largest absolute Gasteiger partial charge is 0.493 e. The van der Waals surface area contributed by atoms with Gasteiger partial charge in [-0.05, 0) is 37.0 Å². The van der Waals surface area contributed by atoms with Crippen molar-refractivity contribution < 1.29 is 18.3 Å². The van der Waals surface area contributed by atoms with Gasteiger partial charge >= 0.3 is 6.61 Å². The average Bonchev–Trinajstić information content (AvgIpc) is 2.25. The number of ether oxygens (including phenoxy) is 2. The monoisotopic (exact) mass is 243 g/mol. The van der Waals surface area contributed by atoms with Crippen LogP contribution < -0.4 is 9.47 Å². The molecule has 0 amide bonds. The molecule has 1 aromatic carbocycles. The maximum atomic E-state index is 12.2. The second kappa shape index (κ2) is 6.42. The van der Waals surface area contributed by atoms with Gasteiger partial charge < -0.3 is 9.47 Å². The predicted molar refractivity (Wildman–Crippen MR) is 62.6 cm³/mol. The summed E-state index contributed by atoms with van der Waals surface area (Å²) in [5, 5.41) is 0. The number of alkyl halides is 2. The Balaban J connectivity index is 2.92. The van der Waals surface area contributed by atoms with Gasteiger partial charge in [0.2, 0.25) is 0 Å². The maximum absolute atomic E-state index is 12.2. The summed E-state index contributed by atoms with van der Waals surface area (Å²) >= 11 is 0. The van der Waals surface area contributed by atoms with Gasteiger partial charge in [-0.15, -0.1) is 0 Å². The third-order valence-electron chi connectivity index (χ3n) is 2.17. The molecule has 2 nitrogen and oxygen atoms in total. The lowest BCUT2D eigenvalue weighted by atomic mass is 10.0. The molecule has 1 rings (SSSR count). The van der Waals surface area contributed by atoms with Crippen LogP contribution in [0.3, 0.4) is 0 Å². The van der Waals surface area contributed by atoms with Crippen molar-refractivity contribution in [1.29, 1.82) is 0 Å². The van der Waals surface area contributed by atoms with Crippen LogP contribution in [0.5, 0.6) is 11.5 Å². The SMILES string of the molecule is [CH2]C(C)c1cc(OCCC)cc(OC(F)F)c1. The van der Waals surface area contributed by atoms with E-state index >= 15 is 0 Å². The fourth-order valence-electron chi connectivity index (χ4n) is 1.35. The Morgan fingerprint density at radius 3 is 2.41 bits per heavy atom. The molecule has 0 aliphatic carbocycles. The zero-order valence-corrected chi connectivity index (χ0v) is 10.1. The van der Waals surface area contributed by atoms with Crippen LogP contribution >= 0.6 is 0 Å². The van der Waals surface area contributed by atoms with E-state index in [9.17, 15) is 8.78 Å². The molecule has 0 saturated heterocycles. The summed E-state index contributed by atoms with van der Waals surface area (Å²) in [5.41, 5.74) is 0.814. The average molecular weight is 243 g/mol. The van der Waals surface area contributed by atoms with Crippen molar-refractivity contribution in [3.8, 4) is 11.5 Å². The Labute approximate surface area is 101 Å². The third-order valence-corrected chi connectivity index (χ3v) is 2.17. The smallest absolute Gasteiger partial charge is 0.387 e. The molecule has 17 heavy (non-hydrogen) atoms. The Morgan fingerprint density at radius 2 is 1.88 bits per heavy atom. The fourth-order valence-corrected chi connectivity index (χ4v) is 1.35. The number of benzene rings is 1. The molecule has 1 radical (unpaired) electrons. The molecule has 0 aromatic heterocycles. The zero-order chi connectivity index (χ0) is 12.8. The molecule has 4 heteroatoms. The van der Waals surface area contributed by atoms with Gasteiger partial charge in [0.15, 0.2) is 0 Å². The summed E-state index contributed by atoms with van der Waals surface area (Å²) in [4.78, 5) is 0. The Bertz CT molecular complexity index is 351.